The summed E-state index contributed by atoms with van der Waals surface area (Å²) in [6, 6.07) is 0. The van der Waals surface area contributed by atoms with Crippen LogP contribution in [0, 0.1) is 17.3 Å². The van der Waals surface area contributed by atoms with Gasteiger partial charge in [-0.15, -0.1) is 0 Å². The number of carbonyl (C=O) groups is 2. The molecular weight excluding hydrogens is 268 g/mol. The van der Waals surface area contributed by atoms with E-state index in [9.17, 15) is 14.7 Å². The SMILES string of the molecule is C=C(C)[C@@H]1CC[C@@]2(C)C(=O)CC[C@](C)(O)C2[C@@H]1OC(C)=O. The number of carbonyl (C=O) groups excluding carboxylic acids is 2. The Labute approximate surface area is 126 Å². The Morgan fingerprint density at radius 1 is 1.33 bits per heavy atom. The quantitative estimate of drug-likeness (QED) is 0.628. The van der Waals surface area contributed by atoms with Crippen LogP contribution in [0.4, 0.5) is 0 Å². The van der Waals surface area contributed by atoms with Crippen LogP contribution in [0.3, 0.4) is 0 Å². The molecule has 2 aliphatic carbocycles. The van der Waals surface area contributed by atoms with Gasteiger partial charge in [0.1, 0.15) is 11.9 Å². The minimum atomic E-state index is -1.00. The maximum absolute atomic E-state index is 12.5. The van der Waals surface area contributed by atoms with Gasteiger partial charge < -0.3 is 9.84 Å². The number of rotatable bonds is 2. The zero-order chi connectivity index (χ0) is 16.0. The molecule has 2 saturated carbocycles. The van der Waals surface area contributed by atoms with Crippen molar-refractivity contribution in [2.75, 3.05) is 0 Å². The Balaban J connectivity index is 2.48. The molecule has 1 unspecified atom stereocenters. The molecule has 0 aromatic rings. The van der Waals surface area contributed by atoms with Gasteiger partial charge in [-0.05, 0) is 33.1 Å². The summed E-state index contributed by atoms with van der Waals surface area (Å²) in [5.74, 6) is -0.560. The molecule has 0 saturated heterocycles. The highest BCUT2D eigenvalue weighted by molar-refractivity contribution is 5.86. The van der Waals surface area contributed by atoms with E-state index in [2.05, 4.69) is 6.58 Å². The molecule has 0 aromatic carbocycles. The maximum Gasteiger partial charge on any atom is 0.302 e. The van der Waals surface area contributed by atoms with Gasteiger partial charge in [0.15, 0.2) is 0 Å². The van der Waals surface area contributed by atoms with Gasteiger partial charge in [0.25, 0.3) is 0 Å². The smallest absolute Gasteiger partial charge is 0.302 e. The van der Waals surface area contributed by atoms with E-state index < -0.39 is 17.1 Å². The second-order valence-corrected chi connectivity index (χ2v) is 7.24. The molecule has 21 heavy (non-hydrogen) atoms. The number of ether oxygens (including phenoxy) is 1. The molecule has 0 bridgehead atoms. The third-order valence-corrected chi connectivity index (χ3v) is 5.49. The van der Waals surface area contributed by atoms with Crippen molar-refractivity contribution in [2.24, 2.45) is 17.3 Å². The third kappa shape index (κ3) is 2.66. The standard InChI is InChI=1S/C17H26O4/c1-10(2)12-6-8-16(4)13(19)7-9-17(5,20)15(16)14(12)21-11(3)18/h12,14-15,20H,1,6-9H2,2-5H3/t12-,14+,15?,16-,17-/m0/s1. The number of esters is 1. The van der Waals surface area contributed by atoms with E-state index in [4.69, 9.17) is 4.74 Å². The first-order valence-corrected chi connectivity index (χ1v) is 7.68. The van der Waals surface area contributed by atoms with E-state index in [1.807, 2.05) is 13.8 Å². The average Bonchev–Trinajstić information content (AvgIpc) is 2.33. The van der Waals surface area contributed by atoms with Crippen LogP contribution in [0.2, 0.25) is 0 Å². The normalized spacial score (nSPS) is 43.1. The molecule has 5 atom stereocenters. The van der Waals surface area contributed by atoms with E-state index in [0.29, 0.717) is 19.3 Å². The van der Waals surface area contributed by atoms with Crippen molar-refractivity contribution in [3.63, 3.8) is 0 Å². The van der Waals surface area contributed by atoms with Crippen molar-refractivity contribution in [3.8, 4) is 0 Å². The Kier molecular flexibility index (Phi) is 4.04. The zero-order valence-electron chi connectivity index (χ0n) is 13.4. The van der Waals surface area contributed by atoms with Gasteiger partial charge in [0, 0.05) is 30.6 Å². The first-order chi connectivity index (χ1) is 9.59. The molecule has 0 aromatic heterocycles. The van der Waals surface area contributed by atoms with E-state index in [-0.39, 0.29) is 23.6 Å². The molecule has 2 rings (SSSR count). The Hall–Kier alpha value is -1.16. The summed E-state index contributed by atoms with van der Waals surface area (Å²) in [4.78, 5) is 24.0. The maximum atomic E-state index is 12.5. The highest BCUT2D eigenvalue weighted by atomic mass is 16.5. The van der Waals surface area contributed by atoms with Gasteiger partial charge in [-0.2, -0.15) is 0 Å². The highest BCUT2D eigenvalue weighted by Gasteiger charge is 2.60. The molecule has 118 valence electrons. The van der Waals surface area contributed by atoms with Gasteiger partial charge in [0.05, 0.1) is 5.60 Å². The molecular formula is C17H26O4. The average molecular weight is 294 g/mol. The first-order valence-electron chi connectivity index (χ1n) is 7.68. The summed E-state index contributed by atoms with van der Waals surface area (Å²) in [6.07, 6.45) is 1.82. The molecule has 2 fully saturated rings. The number of Topliss-reactive ketones (excluding diaryl/α,β-unsaturated/α-hetero) is 1. The Bertz CT molecular complexity index is 479. The van der Waals surface area contributed by atoms with Crippen molar-refractivity contribution in [2.45, 2.75) is 65.1 Å². The van der Waals surface area contributed by atoms with Gasteiger partial charge in [-0.1, -0.05) is 19.1 Å². The fraction of sp³-hybridized carbons (Fsp3) is 0.765. The highest BCUT2D eigenvalue weighted by Crippen LogP contribution is 2.55. The fourth-order valence-electron chi connectivity index (χ4n) is 4.40. The second kappa shape index (κ2) is 5.24. The van der Waals surface area contributed by atoms with Crippen LogP contribution >= 0.6 is 0 Å². The van der Waals surface area contributed by atoms with E-state index >= 15 is 0 Å². The topological polar surface area (TPSA) is 63.6 Å². The third-order valence-electron chi connectivity index (χ3n) is 5.49. The number of hydrogen-bond acceptors (Lipinski definition) is 4. The largest absolute Gasteiger partial charge is 0.461 e. The van der Waals surface area contributed by atoms with Crippen molar-refractivity contribution in [1.29, 1.82) is 0 Å². The molecule has 0 heterocycles. The summed E-state index contributed by atoms with van der Waals surface area (Å²) in [5, 5.41) is 10.9. The van der Waals surface area contributed by atoms with Crippen LogP contribution in [0.25, 0.3) is 0 Å². The van der Waals surface area contributed by atoms with Gasteiger partial charge in [-0.3, -0.25) is 9.59 Å². The van der Waals surface area contributed by atoms with Crippen molar-refractivity contribution < 1.29 is 19.4 Å². The lowest BCUT2D eigenvalue weighted by molar-refractivity contribution is -0.197. The zero-order valence-corrected chi connectivity index (χ0v) is 13.4. The summed E-state index contributed by atoms with van der Waals surface area (Å²) in [7, 11) is 0. The first kappa shape index (κ1) is 16.2. The Morgan fingerprint density at radius 3 is 2.48 bits per heavy atom. The van der Waals surface area contributed by atoms with E-state index in [0.717, 1.165) is 12.0 Å². The second-order valence-electron chi connectivity index (χ2n) is 7.24. The molecule has 0 aliphatic heterocycles. The van der Waals surface area contributed by atoms with E-state index in [1.54, 1.807) is 6.92 Å². The van der Waals surface area contributed by atoms with E-state index in [1.165, 1.54) is 6.92 Å². The van der Waals surface area contributed by atoms with Crippen LogP contribution < -0.4 is 0 Å². The van der Waals surface area contributed by atoms with Crippen LogP contribution in [0.1, 0.15) is 53.4 Å². The summed E-state index contributed by atoms with van der Waals surface area (Å²) in [6.45, 7) is 11.0. The number of fused-ring (bicyclic) bond motifs is 1. The van der Waals surface area contributed by atoms with Gasteiger partial charge in [0.2, 0.25) is 0 Å². The molecule has 4 nitrogen and oxygen atoms in total. The number of aliphatic hydroxyl groups is 1. The van der Waals surface area contributed by atoms with Crippen LogP contribution in [-0.2, 0) is 14.3 Å². The summed E-state index contributed by atoms with van der Waals surface area (Å²) < 4.78 is 5.57. The lowest BCUT2D eigenvalue weighted by Crippen LogP contribution is -2.62. The van der Waals surface area contributed by atoms with Crippen molar-refractivity contribution >= 4 is 11.8 Å². The molecule has 0 radical (unpaired) electrons. The molecule has 0 spiro atoms. The van der Waals surface area contributed by atoms with Crippen LogP contribution in [-0.4, -0.2) is 28.6 Å². The monoisotopic (exact) mass is 294 g/mol. The lowest BCUT2D eigenvalue weighted by atomic mass is 9.51. The molecule has 2 aliphatic rings. The van der Waals surface area contributed by atoms with Gasteiger partial charge >= 0.3 is 5.97 Å². The fourth-order valence-corrected chi connectivity index (χ4v) is 4.40. The summed E-state index contributed by atoms with van der Waals surface area (Å²) >= 11 is 0. The lowest BCUT2D eigenvalue weighted by Gasteiger charge is -2.56. The van der Waals surface area contributed by atoms with Crippen molar-refractivity contribution in [1.82, 2.24) is 0 Å². The number of ketones is 1. The van der Waals surface area contributed by atoms with Crippen molar-refractivity contribution in [3.05, 3.63) is 12.2 Å². The Morgan fingerprint density at radius 2 is 1.95 bits per heavy atom. The molecule has 0 amide bonds. The minimum absolute atomic E-state index is 0.00403. The number of hydrogen-bond donors (Lipinski definition) is 1. The van der Waals surface area contributed by atoms with Gasteiger partial charge in [-0.25, -0.2) is 0 Å². The summed E-state index contributed by atoms with van der Waals surface area (Å²) in [5.41, 5.74) is -0.679. The van der Waals surface area contributed by atoms with Crippen LogP contribution in [0.15, 0.2) is 12.2 Å². The predicted molar refractivity (Wildman–Crippen MR) is 79.6 cm³/mol. The molecule has 1 N–H and O–H groups in total. The molecule has 4 heteroatoms. The van der Waals surface area contributed by atoms with Crippen LogP contribution in [0.5, 0.6) is 0 Å². The predicted octanol–water partition coefficient (Wildman–Crippen LogP) is 2.64. The minimum Gasteiger partial charge on any atom is -0.461 e.